The Labute approximate surface area is 103 Å². The van der Waals surface area contributed by atoms with Gasteiger partial charge >= 0.3 is 0 Å². The van der Waals surface area contributed by atoms with Crippen LogP contribution in [0.4, 0.5) is 0 Å². The van der Waals surface area contributed by atoms with Gasteiger partial charge in [0, 0.05) is 25.3 Å². The summed E-state index contributed by atoms with van der Waals surface area (Å²) in [4.78, 5) is 4.50. The van der Waals surface area contributed by atoms with Crippen molar-refractivity contribution in [3.8, 4) is 0 Å². The molecule has 1 aromatic heterocycles. The first kappa shape index (κ1) is 13.5. The van der Waals surface area contributed by atoms with Crippen LogP contribution >= 0.6 is 11.6 Å². The molecule has 0 fully saturated rings. The molecule has 0 aromatic carbocycles. The molecule has 0 bridgehead atoms. The monoisotopic (exact) mass is 243 g/mol. The molecule has 0 saturated heterocycles. The maximum atomic E-state index is 5.73. The topological polar surface area (TPSA) is 30.7 Å². The van der Waals surface area contributed by atoms with Crippen LogP contribution in [0.3, 0.4) is 0 Å². The highest BCUT2D eigenvalue weighted by atomic mass is 35.5. The second kappa shape index (κ2) is 6.89. The Balaban J connectivity index is 2.54. The summed E-state index contributed by atoms with van der Waals surface area (Å²) in [6.45, 7) is 7.43. The summed E-state index contributed by atoms with van der Waals surface area (Å²) in [5, 5.41) is 4.50. The smallest absolute Gasteiger partial charge is 0.150 e. The van der Waals surface area contributed by atoms with Gasteiger partial charge in [-0.1, -0.05) is 20.8 Å². The third-order valence-electron chi connectivity index (χ3n) is 2.86. The van der Waals surface area contributed by atoms with Crippen molar-refractivity contribution in [1.82, 2.24) is 14.8 Å². The standard InChI is InChI=1S/C12H22ClN3/c1-4-11-14-12(5-2)16(15-11)9-7-10(3)6-8-13/h10H,4-9H2,1-3H3. The highest BCUT2D eigenvalue weighted by Gasteiger charge is 2.08. The number of nitrogens with zero attached hydrogens (tertiary/aromatic N) is 3. The largest absolute Gasteiger partial charge is 0.250 e. The Morgan fingerprint density at radius 1 is 1.25 bits per heavy atom. The van der Waals surface area contributed by atoms with Crippen LogP contribution in [0, 0.1) is 5.92 Å². The van der Waals surface area contributed by atoms with E-state index in [0.717, 1.165) is 49.8 Å². The molecular formula is C12H22ClN3. The molecule has 1 unspecified atom stereocenters. The molecule has 92 valence electrons. The minimum absolute atomic E-state index is 0.663. The molecular weight excluding hydrogens is 222 g/mol. The highest BCUT2D eigenvalue weighted by Crippen LogP contribution is 2.11. The van der Waals surface area contributed by atoms with Crippen LogP contribution in [0.1, 0.15) is 45.3 Å². The molecule has 0 spiro atoms. The van der Waals surface area contributed by atoms with E-state index in [9.17, 15) is 0 Å². The molecule has 4 heteroatoms. The zero-order valence-electron chi connectivity index (χ0n) is 10.5. The Morgan fingerprint density at radius 2 is 2.00 bits per heavy atom. The third-order valence-corrected chi connectivity index (χ3v) is 3.08. The fourth-order valence-electron chi connectivity index (χ4n) is 1.69. The van der Waals surface area contributed by atoms with E-state index < -0.39 is 0 Å². The lowest BCUT2D eigenvalue weighted by Gasteiger charge is -2.10. The molecule has 1 atom stereocenters. The quantitative estimate of drug-likeness (QED) is 0.690. The summed E-state index contributed by atoms with van der Waals surface area (Å²) in [7, 11) is 0. The summed E-state index contributed by atoms with van der Waals surface area (Å²) in [5.74, 6) is 3.48. The number of halogens is 1. The van der Waals surface area contributed by atoms with Crippen molar-refractivity contribution in [2.24, 2.45) is 5.92 Å². The fourth-order valence-corrected chi connectivity index (χ4v) is 2.06. The number of aryl methyl sites for hydroxylation is 3. The Bertz CT molecular complexity index is 309. The molecule has 1 heterocycles. The predicted octanol–water partition coefficient (Wildman–Crippen LogP) is 3.06. The van der Waals surface area contributed by atoms with Crippen molar-refractivity contribution in [3.63, 3.8) is 0 Å². The number of hydrogen-bond donors (Lipinski definition) is 0. The van der Waals surface area contributed by atoms with Crippen LogP contribution in [-0.2, 0) is 19.4 Å². The second-order valence-electron chi connectivity index (χ2n) is 4.25. The van der Waals surface area contributed by atoms with E-state index >= 15 is 0 Å². The summed E-state index contributed by atoms with van der Waals surface area (Å²) >= 11 is 5.73. The van der Waals surface area contributed by atoms with Gasteiger partial charge in [-0.05, 0) is 18.8 Å². The van der Waals surface area contributed by atoms with Gasteiger partial charge in [-0.3, -0.25) is 0 Å². The maximum Gasteiger partial charge on any atom is 0.150 e. The first-order valence-electron chi connectivity index (χ1n) is 6.19. The van der Waals surface area contributed by atoms with Gasteiger partial charge in [-0.25, -0.2) is 9.67 Å². The zero-order valence-corrected chi connectivity index (χ0v) is 11.3. The molecule has 0 saturated carbocycles. The van der Waals surface area contributed by atoms with Crippen LogP contribution in [0.15, 0.2) is 0 Å². The lowest BCUT2D eigenvalue weighted by Crippen LogP contribution is -2.09. The molecule has 0 aliphatic heterocycles. The lowest BCUT2D eigenvalue weighted by molar-refractivity contribution is 0.440. The van der Waals surface area contributed by atoms with Crippen molar-refractivity contribution in [2.75, 3.05) is 5.88 Å². The van der Waals surface area contributed by atoms with E-state index in [2.05, 4.69) is 35.5 Å². The van der Waals surface area contributed by atoms with E-state index in [0.29, 0.717) is 5.92 Å². The van der Waals surface area contributed by atoms with Gasteiger partial charge in [0.2, 0.25) is 0 Å². The molecule has 16 heavy (non-hydrogen) atoms. The highest BCUT2D eigenvalue weighted by molar-refractivity contribution is 6.17. The van der Waals surface area contributed by atoms with Crippen LogP contribution in [-0.4, -0.2) is 20.6 Å². The number of aromatic nitrogens is 3. The van der Waals surface area contributed by atoms with Crippen LogP contribution < -0.4 is 0 Å². The van der Waals surface area contributed by atoms with E-state index in [1.807, 2.05) is 0 Å². The summed E-state index contributed by atoms with van der Waals surface area (Å²) in [6.07, 6.45) is 4.08. The zero-order chi connectivity index (χ0) is 12.0. The van der Waals surface area contributed by atoms with Crippen LogP contribution in [0.2, 0.25) is 0 Å². The summed E-state index contributed by atoms with van der Waals surface area (Å²) < 4.78 is 2.06. The molecule has 0 aliphatic rings. The Hall–Kier alpha value is -0.570. The molecule has 0 N–H and O–H groups in total. The first-order chi connectivity index (χ1) is 7.71. The van der Waals surface area contributed by atoms with Crippen molar-refractivity contribution >= 4 is 11.6 Å². The van der Waals surface area contributed by atoms with Gasteiger partial charge in [0.1, 0.15) is 5.82 Å². The first-order valence-corrected chi connectivity index (χ1v) is 6.73. The molecule has 1 rings (SSSR count). The molecule has 1 aromatic rings. The summed E-state index contributed by atoms with van der Waals surface area (Å²) in [5.41, 5.74) is 0. The average molecular weight is 244 g/mol. The van der Waals surface area contributed by atoms with E-state index in [-0.39, 0.29) is 0 Å². The summed E-state index contributed by atoms with van der Waals surface area (Å²) in [6, 6.07) is 0. The number of hydrogen-bond acceptors (Lipinski definition) is 2. The maximum absolute atomic E-state index is 5.73. The van der Waals surface area contributed by atoms with Gasteiger partial charge < -0.3 is 0 Å². The molecule has 0 aliphatic carbocycles. The fraction of sp³-hybridized carbons (Fsp3) is 0.833. The van der Waals surface area contributed by atoms with Gasteiger partial charge in [0.15, 0.2) is 5.82 Å². The second-order valence-corrected chi connectivity index (χ2v) is 4.62. The number of rotatable bonds is 7. The van der Waals surface area contributed by atoms with E-state index in [1.54, 1.807) is 0 Å². The molecule has 0 amide bonds. The minimum Gasteiger partial charge on any atom is -0.250 e. The van der Waals surface area contributed by atoms with Crippen molar-refractivity contribution in [1.29, 1.82) is 0 Å². The normalized spacial score (nSPS) is 13.0. The van der Waals surface area contributed by atoms with E-state index in [4.69, 9.17) is 11.6 Å². The Kier molecular flexibility index (Phi) is 5.81. The lowest BCUT2D eigenvalue weighted by atomic mass is 10.1. The van der Waals surface area contributed by atoms with Crippen molar-refractivity contribution < 1.29 is 0 Å². The van der Waals surface area contributed by atoms with Crippen molar-refractivity contribution in [3.05, 3.63) is 11.6 Å². The van der Waals surface area contributed by atoms with Gasteiger partial charge in [-0.15, -0.1) is 11.6 Å². The van der Waals surface area contributed by atoms with Gasteiger partial charge in [0.05, 0.1) is 0 Å². The van der Waals surface area contributed by atoms with E-state index in [1.165, 1.54) is 0 Å². The Morgan fingerprint density at radius 3 is 2.56 bits per heavy atom. The third kappa shape index (κ3) is 3.78. The van der Waals surface area contributed by atoms with Gasteiger partial charge in [-0.2, -0.15) is 5.10 Å². The van der Waals surface area contributed by atoms with Crippen molar-refractivity contribution in [2.45, 2.75) is 53.0 Å². The predicted molar refractivity (Wildman–Crippen MR) is 67.9 cm³/mol. The van der Waals surface area contributed by atoms with Gasteiger partial charge in [0.25, 0.3) is 0 Å². The average Bonchev–Trinajstić information content (AvgIpc) is 2.69. The SMILES string of the molecule is CCc1nc(CC)n(CCC(C)CCCl)n1. The minimum atomic E-state index is 0.663. The van der Waals surface area contributed by atoms with Crippen LogP contribution in [0.25, 0.3) is 0 Å². The van der Waals surface area contributed by atoms with Crippen LogP contribution in [0.5, 0.6) is 0 Å². The number of alkyl halides is 1. The molecule has 0 radical (unpaired) electrons. The molecule has 3 nitrogen and oxygen atoms in total.